The second-order valence-electron chi connectivity index (χ2n) is 11.7. The molecule has 4 nitrogen and oxygen atoms in total. The van der Waals surface area contributed by atoms with Crippen LogP contribution in [0.25, 0.3) is 0 Å². The van der Waals surface area contributed by atoms with Crippen LogP contribution in [0, 0.1) is 46.3 Å². The third-order valence-corrected chi connectivity index (χ3v) is 10.8. The van der Waals surface area contributed by atoms with Crippen LogP contribution in [0.4, 0.5) is 0 Å². The van der Waals surface area contributed by atoms with Crippen molar-refractivity contribution in [2.24, 2.45) is 46.3 Å². The van der Waals surface area contributed by atoms with E-state index in [-0.39, 0.29) is 35.1 Å². The average molecular weight is 463 g/mol. The second-order valence-corrected chi connectivity index (χ2v) is 13.2. The topological polar surface area (TPSA) is 80.9 Å². The Bertz CT molecular complexity index is 639. The molecule has 0 aliphatic heterocycles. The quantitative estimate of drug-likeness (QED) is 0.464. The Labute approximate surface area is 191 Å². The molecule has 0 bridgehead atoms. The van der Waals surface area contributed by atoms with Gasteiger partial charge in [0.1, 0.15) is 0 Å². The zero-order chi connectivity index (χ0) is 22.1. The highest BCUT2D eigenvalue weighted by Gasteiger charge is 2.65. The Balaban J connectivity index is 1.59. The molecule has 0 aromatic rings. The zero-order valence-corrected chi connectivity index (χ0v) is 20.1. The van der Waals surface area contributed by atoms with Gasteiger partial charge in [-0.15, -0.1) is 0 Å². The summed E-state index contributed by atoms with van der Waals surface area (Å²) in [5.41, 5.74) is -0.126. The molecule has 0 saturated heterocycles. The largest absolute Gasteiger partial charge is 0.393 e. The van der Waals surface area contributed by atoms with Crippen LogP contribution in [-0.4, -0.2) is 43.3 Å². The van der Waals surface area contributed by atoms with Crippen molar-refractivity contribution >= 4 is 23.2 Å². The van der Waals surface area contributed by atoms with Gasteiger partial charge in [0.2, 0.25) is 4.52 Å². The minimum absolute atomic E-state index is 0.100. The number of alkyl halides is 2. The van der Waals surface area contributed by atoms with E-state index in [4.69, 9.17) is 23.2 Å². The van der Waals surface area contributed by atoms with Gasteiger partial charge in [0, 0.05) is 6.42 Å². The first kappa shape index (κ1) is 23.6. The molecular weight excluding hydrogens is 423 g/mol. The summed E-state index contributed by atoms with van der Waals surface area (Å²) >= 11 is 11.6. The van der Waals surface area contributed by atoms with Crippen molar-refractivity contribution in [3.63, 3.8) is 0 Å². The van der Waals surface area contributed by atoms with Crippen molar-refractivity contribution in [2.75, 3.05) is 0 Å². The standard InChI is InChI=1S/C24H40Cl2O4/c1-13(6-9-24(25,26)30)16-4-5-17-21-18(12-20(29)23(16,17)3)22(2)8-7-15(27)10-14(22)11-19(21)28/h13-21,27-30H,4-12H2,1-3H3/t13-,14-,15+,16+,17+,18-,19+,20-,21+,22-,23+/m0/s1. The van der Waals surface area contributed by atoms with Crippen LogP contribution in [0.1, 0.15) is 78.6 Å². The predicted octanol–water partition coefficient (Wildman–Crippen LogP) is 4.49. The fourth-order valence-electron chi connectivity index (χ4n) is 8.73. The van der Waals surface area contributed by atoms with Gasteiger partial charge in [-0.2, -0.15) is 0 Å². The van der Waals surface area contributed by atoms with E-state index in [0.717, 1.165) is 51.4 Å². The van der Waals surface area contributed by atoms with Crippen LogP contribution < -0.4 is 0 Å². The number of rotatable bonds is 4. The Morgan fingerprint density at radius 2 is 1.70 bits per heavy atom. The SMILES string of the molecule is C[C@@H](CCC(O)(Cl)Cl)[C@H]1CC[C@@H]2[C@H]3[C@H](O)C[C@@H]4C[C@H](O)CC[C@]4(C)[C@H]3C[C@H](O)[C@@]21C. The highest BCUT2D eigenvalue weighted by atomic mass is 35.5. The van der Waals surface area contributed by atoms with Gasteiger partial charge in [-0.05, 0) is 97.7 Å². The number of aliphatic hydroxyl groups excluding tert-OH is 3. The molecule has 0 aromatic carbocycles. The molecule has 4 aliphatic carbocycles. The van der Waals surface area contributed by atoms with E-state index in [1.165, 1.54) is 0 Å². The number of aliphatic hydroxyl groups is 4. The Morgan fingerprint density at radius 3 is 2.37 bits per heavy atom. The lowest BCUT2D eigenvalue weighted by molar-refractivity contribution is -0.207. The summed E-state index contributed by atoms with van der Waals surface area (Å²) in [6.07, 6.45) is 6.28. The third-order valence-electron chi connectivity index (χ3n) is 10.4. The number of halogens is 2. The summed E-state index contributed by atoms with van der Waals surface area (Å²) in [5.74, 6) is 1.82. The Hall–Kier alpha value is 0.420. The van der Waals surface area contributed by atoms with Crippen LogP contribution in [0.2, 0.25) is 0 Å². The Morgan fingerprint density at radius 1 is 1.00 bits per heavy atom. The molecule has 0 amide bonds. The van der Waals surface area contributed by atoms with Crippen molar-refractivity contribution in [2.45, 2.75) is 101 Å². The van der Waals surface area contributed by atoms with E-state index in [9.17, 15) is 20.4 Å². The minimum atomic E-state index is -1.70. The van der Waals surface area contributed by atoms with Crippen molar-refractivity contribution in [3.8, 4) is 0 Å². The van der Waals surface area contributed by atoms with Gasteiger partial charge in [-0.1, -0.05) is 44.0 Å². The smallest absolute Gasteiger partial charge is 0.214 e. The first-order chi connectivity index (χ1) is 13.9. The highest BCUT2D eigenvalue weighted by molar-refractivity contribution is 6.46. The molecule has 0 spiro atoms. The summed E-state index contributed by atoms with van der Waals surface area (Å²) in [6.45, 7) is 6.79. The minimum Gasteiger partial charge on any atom is -0.393 e. The maximum Gasteiger partial charge on any atom is 0.214 e. The van der Waals surface area contributed by atoms with Gasteiger partial charge in [0.25, 0.3) is 0 Å². The van der Waals surface area contributed by atoms with Gasteiger partial charge < -0.3 is 20.4 Å². The van der Waals surface area contributed by atoms with Crippen LogP contribution in [0.15, 0.2) is 0 Å². The molecule has 30 heavy (non-hydrogen) atoms. The average Bonchev–Trinajstić information content (AvgIpc) is 3.00. The van der Waals surface area contributed by atoms with Gasteiger partial charge in [-0.25, -0.2) is 0 Å². The predicted molar refractivity (Wildman–Crippen MR) is 119 cm³/mol. The molecule has 11 atom stereocenters. The molecular formula is C24H40Cl2O4. The van der Waals surface area contributed by atoms with Crippen molar-refractivity contribution in [1.29, 1.82) is 0 Å². The summed E-state index contributed by atoms with van der Waals surface area (Å²) in [6, 6.07) is 0. The first-order valence-corrected chi connectivity index (χ1v) is 12.8. The van der Waals surface area contributed by atoms with Crippen molar-refractivity contribution in [3.05, 3.63) is 0 Å². The summed E-state index contributed by atoms with van der Waals surface area (Å²) < 4.78 is -1.70. The molecule has 0 aromatic heterocycles. The fourth-order valence-corrected chi connectivity index (χ4v) is 8.95. The molecule has 4 saturated carbocycles. The van der Waals surface area contributed by atoms with E-state index < -0.39 is 4.52 Å². The molecule has 4 aliphatic rings. The van der Waals surface area contributed by atoms with E-state index in [1.807, 2.05) is 0 Å². The maximum absolute atomic E-state index is 11.5. The van der Waals surface area contributed by atoms with Crippen LogP contribution in [0.3, 0.4) is 0 Å². The van der Waals surface area contributed by atoms with Gasteiger partial charge >= 0.3 is 0 Å². The third kappa shape index (κ3) is 3.76. The molecule has 4 rings (SSSR count). The van der Waals surface area contributed by atoms with Crippen LogP contribution in [0.5, 0.6) is 0 Å². The summed E-state index contributed by atoms with van der Waals surface area (Å²) in [5, 5.41) is 42.8. The zero-order valence-electron chi connectivity index (χ0n) is 18.6. The van der Waals surface area contributed by atoms with Gasteiger partial charge in [0.15, 0.2) is 0 Å². The summed E-state index contributed by atoms with van der Waals surface area (Å²) in [7, 11) is 0. The normalized spacial score (nSPS) is 52.3. The van der Waals surface area contributed by atoms with E-state index in [2.05, 4.69) is 20.8 Å². The molecule has 0 unspecified atom stereocenters. The lowest BCUT2D eigenvalue weighted by atomic mass is 9.43. The Kier molecular flexibility index (Phi) is 6.30. The van der Waals surface area contributed by atoms with E-state index >= 15 is 0 Å². The van der Waals surface area contributed by atoms with Gasteiger partial charge in [0.05, 0.1) is 18.3 Å². The number of hydrogen-bond donors (Lipinski definition) is 4. The lowest BCUT2D eigenvalue weighted by Gasteiger charge is -2.63. The molecule has 4 fully saturated rings. The maximum atomic E-state index is 11.5. The first-order valence-electron chi connectivity index (χ1n) is 12.0. The van der Waals surface area contributed by atoms with Crippen molar-refractivity contribution < 1.29 is 20.4 Å². The number of fused-ring (bicyclic) bond motifs is 5. The van der Waals surface area contributed by atoms with E-state index in [1.54, 1.807) is 0 Å². The lowest BCUT2D eigenvalue weighted by Crippen LogP contribution is -2.62. The fraction of sp³-hybridized carbons (Fsp3) is 1.00. The van der Waals surface area contributed by atoms with Crippen LogP contribution in [-0.2, 0) is 0 Å². The number of hydrogen-bond acceptors (Lipinski definition) is 4. The summed E-state index contributed by atoms with van der Waals surface area (Å²) in [4.78, 5) is 0. The molecule has 174 valence electrons. The van der Waals surface area contributed by atoms with Crippen LogP contribution >= 0.6 is 23.2 Å². The molecule has 0 heterocycles. The molecule has 6 heteroatoms. The molecule has 4 N–H and O–H groups in total. The highest BCUT2D eigenvalue weighted by Crippen LogP contribution is 2.68. The second kappa shape index (κ2) is 8.02. The monoisotopic (exact) mass is 462 g/mol. The van der Waals surface area contributed by atoms with Gasteiger partial charge in [-0.3, -0.25) is 0 Å². The van der Waals surface area contributed by atoms with Crippen molar-refractivity contribution in [1.82, 2.24) is 0 Å². The van der Waals surface area contributed by atoms with E-state index in [0.29, 0.717) is 36.0 Å². The molecule has 0 radical (unpaired) electrons.